The Hall–Kier alpha value is -5.57. The van der Waals surface area contributed by atoms with E-state index in [1.807, 2.05) is 0 Å². The first-order chi connectivity index (χ1) is 40.7. The first kappa shape index (κ1) is 75.7. The Bertz CT molecular complexity index is 2650. The first-order valence-corrected chi connectivity index (χ1v) is 29.2. The van der Waals surface area contributed by atoms with Gasteiger partial charge in [0.05, 0.1) is 58.0 Å². The van der Waals surface area contributed by atoms with Crippen LogP contribution in [0.3, 0.4) is 0 Å². The van der Waals surface area contributed by atoms with Crippen LogP contribution in [-0.4, -0.2) is 214 Å². The topological polar surface area (TPSA) is 423 Å². The smallest absolute Gasteiger partial charge is 0.756 e. The maximum Gasteiger partial charge on any atom is 1.00 e. The number of allylic oxidation sites excluding steroid dienone is 5. The Morgan fingerprint density at radius 2 is 1.62 bits per heavy atom. The summed E-state index contributed by atoms with van der Waals surface area (Å²) in [5, 5.41) is 67.2. The van der Waals surface area contributed by atoms with Crippen LogP contribution in [0.2, 0.25) is 0 Å². The van der Waals surface area contributed by atoms with Gasteiger partial charge in [-0.2, -0.15) is 0 Å². The van der Waals surface area contributed by atoms with Gasteiger partial charge in [0.1, 0.15) is 48.5 Å². The van der Waals surface area contributed by atoms with E-state index in [2.05, 4.69) is 15.2 Å². The number of likely N-dealkylation sites (tertiary alicyclic amines) is 1. The Labute approximate surface area is 524 Å². The number of carbonyl (C=O) groups is 8. The minimum atomic E-state index is -5.35. The summed E-state index contributed by atoms with van der Waals surface area (Å²) in [7, 11) is -3.78. The third-order valence-electron chi connectivity index (χ3n) is 13.1. The van der Waals surface area contributed by atoms with Crippen molar-refractivity contribution in [3.63, 3.8) is 0 Å². The van der Waals surface area contributed by atoms with E-state index in [4.69, 9.17) is 33.2 Å². The predicted octanol–water partition coefficient (Wildman–Crippen LogP) is -3.25. The zero-order chi connectivity index (χ0) is 63.4. The van der Waals surface area contributed by atoms with Crippen LogP contribution in [0.25, 0.3) is 0 Å². The fourth-order valence-corrected chi connectivity index (χ4v) is 8.95. The number of ether oxygens (including phenoxy) is 7. The van der Waals surface area contributed by atoms with Crippen LogP contribution in [0.4, 0.5) is 5.69 Å². The molecule has 0 radical (unpaired) electrons. The number of nitrogens with one attached hydrogen (secondary N) is 2. The summed E-state index contributed by atoms with van der Waals surface area (Å²) in [5.74, 6) is -5.07. The van der Waals surface area contributed by atoms with Crippen molar-refractivity contribution in [1.29, 1.82) is 0 Å². The maximum atomic E-state index is 13.2. The van der Waals surface area contributed by atoms with Crippen molar-refractivity contribution >= 4 is 61.0 Å². The molecule has 31 heteroatoms. The van der Waals surface area contributed by atoms with Crippen molar-refractivity contribution < 1.29 is 151 Å². The fraction of sp³-hybridized carbons (Fsp3) is 0.571. The molecular weight excluding hydrogens is 1180 g/mol. The number of nitrogens with zero attached hydrogens (tertiary/aromatic N) is 2. The van der Waals surface area contributed by atoms with E-state index in [1.165, 1.54) is 59.2 Å². The number of imide groups is 1. The number of amides is 5. The molecule has 9 N–H and O–H groups in total. The molecule has 0 bridgehead atoms. The van der Waals surface area contributed by atoms with E-state index in [1.54, 1.807) is 44.4 Å². The number of carboxylic acids is 1. The van der Waals surface area contributed by atoms with E-state index in [0.717, 1.165) is 6.08 Å². The number of anilines is 1. The second-order valence-electron chi connectivity index (χ2n) is 20.3. The Morgan fingerprint density at radius 1 is 0.931 bits per heavy atom. The molecule has 29 nitrogen and oxygen atoms in total. The van der Waals surface area contributed by atoms with Gasteiger partial charge in [-0.25, -0.2) is 9.59 Å². The third kappa shape index (κ3) is 28.2. The van der Waals surface area contributed by atoms with Crippen molar-refractivity contribution in [3.8, 4) is 5.75 Å². The average Bonchev–Trinajstić information content (AvgIpc) is 2.18. The van der Waals surface area contributed by atoms with Gasteiger partial charge in [-0.15, -0.1) is 0 Å². The summed E-state index contributed by atoms with van der Waals surface area (Å²) in [5.41, 5.74) is -1.76. The minimum absolute atomic E-state index is 0. The number of aliphatic hydroxyl groups excluding tert-OH is 4. The number of phosphoric ester groups is 1. The molecule has 0 aromatic heterocycles. The van der Waals surface area contributed by atoms with Crippen LogP contribution in [-0.2, 0) is 82.5 Å². The van der Waals surface area contributed by atoms with Gasteiger partial charge in [0.25, 0.3) is 7.82 Å². The maximum absolute atomic E-state index is 13.2. The van der Waals surface area contributed by atoms with Crippen molar-refractivity contribution in [1.82, 2.24) is 15.1 Å². The molecule has 2 saturated heterocycles. The van der Waals surface area contributed by atoms with E-state index < -0.39 is 98.6 Å². The SMILES string of the molecule is CC1CC(=O)N(CCOCCOCCOCCC(=O)NCCC(=O)Nc2cc(COC(=O)CCCN(C)C(=O)CC/C=C/C=C\C=C/[C@@H](O)C[C@@H](OP(=O)([O-])O)[C@](C)(O)/C=C/[C@H]3CC=CC(=O)O3)ccc2O[C@@H]2O[C@H](C(=O)O)[C@@H](O)[C@H](O)[C@H]2O)C1=O.[Na+]. The number of aliphatic carboxylic acids is 1. The number of hydrogen-bond acceptors (Lipinski definition) is 23. The molecule has 478 valence electrons. The number of rotatable bonds is 38. The van der Waals surface area contributed by atoms with Gasteiger partial charge in [0.2, 0.25) is 35.8 Å². The normalized spacial score (nSPS) is 22.6. The minimum Gasteiger partial charge on any atom is -0.756 e. The van der Waals surface area contributed by atoms with Gasteiger partial charge in [-0.1, -0.05) is 61.6 Å². The molecule has 11 atom stereocenters. The van der Waals surface area contributed by atoms with Gasteiger partial charge in [-0.05, 0) is 43.5 Å². The quantitative estimate of drug-likeness (QED) is 0.00597. The Morgan fingerprint density at radius 3 is 2.29 bits per heavy atom. The number of phosphoric acid groups is 1. The number of cyclic esters (lactones) is 1. The standard InChI is InChI=1S/C56H79N4O25P.Na/c1-36-32-46(65)60(53(36)71)25-27-79-29-31-80-30-28-78-26-21-43(62)57-23-20-44(63)58-40-33-37(17-18-41(40)83-55-51(70)49(68)50(69)52(84-55)54(72)73)35-81-47(66)16-11-24-59(3)45(64)14-9-7-5-4-6-8-12-38(61)34-42(85-86(75,76)77)56(2,74)22-19-39-13-10-15-48(67)82-39;/h4-8,10,12,15,17-19,22,33,36,38-39,42,49-52,55,61,68-70,74H,9,11,13-14,16,20-21,23-32,34-35H2,1-3H3,(H,57,62)(H,58,63)(H,72,73)(H2,75,76,77);/q;+1/p-1/b6-4-,7-5+,12-8-,22-19+;/t36?,38-,39-,42-,49+,50+,51-,52+,55-,56-;/m1./s1. The largest absolute Gasteiger partial charge is 1.00 e. The van der Waals surface area contributed by atoms with Gasteiger partial charge >= 0.3 is 47.5 Å². The zero-order valence-corrected chi connectivity index (χ0v) is 51.9. The molecule has 3 aliphatic heterocycles. The monoisotopic (exact) mass is 1260 g/mol. The van der Waals surface area contributed by atoms with Crippen LogP contribution in [0, 0.1) is 5.92 Å². The van der Waals surface area contributed by atoms with Gasteiger partial charge in [0.15, 0.2) is 6.10 Å². The van der Waals surface area contributed by atoms with E-state index in [9.17, 15) is 83.3 Å². The number of benzene rings is 1. The molecule has 87 heavy (non-hydrogen) atoms. The molecule has 0 aliphatic carbocycles. The molecule has 2 unspecified atom stereocenters. The fourth-order valence-electron chi connectivity index (χ4n) is 8.33. The predicted molar refractivity (Wildman–Crippen MR) is 297 cm³/mol. The molecule has 0 saturated carbocycles. The van der Waals surface area contributed by atoms with E-state index in [-0.39, 0.29) is 169 Å². The van der Waals surface area contributed by atoms with Gasteiger partial charge in [-0.3, -0.25) is 38.2 Å². The summed E-state index contributed by atoms with van der Waals surface area (Å²) in [6.45, 7) is 4.00. The van der Waals surface area contributed by atoms with Crippen LogP contribution in [0.15, 0.2) is 79.0 Å². The molecule has 1 aromatic rings. The molecule has 2 fully saturated rings. The van der Waals surface area contributed by atoms with Crippen molar-refractivity contribution in [2.45, 2.75) is 133 Å². The van der Waals surface area contributed by atoms with Gasteiger partial charge < -0.3 is 93.6 Å². The van der Waals surface area contributed by atoms with Crippen molar-refractivity contribution in [2.75, 3.05) is 71.6 Å². The summed E-state index contributed by atoms with van der Waals surface area (Å²) in [6.07, 6.45) is 1.52. The second kappa shape index (κ2) is 38.8. The summed E-state index contributed by atoms with van der Waals surface area (Å²) >= 11 is 0. The number of carboxylic acid groups (broad SMARTS) is 1. The molecule has 0 spiro atoms. The summed E-state index contributed by atoms with van der Waals surface area (Å²) < 4.78 is 54.0. The number of hydrogen-bond donors (Lipinski definition) is 9. The number of esters is 2. The first-order valence-electron chi connectivity index (χ1n) is 27.7. The molecule has 1 aromatic carbocycles. The molecule has 3 heterocycles. The van der Waals surface area contributed by atoms with Gasteiger partial charge in [0, 0.05) is 77.1 Å². The van der Waals surface area contributed by atoms with Crippen LogP contribution in [0.1, 0.15) is 77.2 Å². The van der Waals surface area contributed by atoms with Crippen molar-refractivity contribution in [3.05, 3.63) is 84.5 Å². The summed E-state index contributed by atoms with van der Waals surface area (Å²) in [6, 6.07) is 4.09. The zero-order valence-electron chi connectivity index (χ0n) is 49.0. The van der Waals surface area contributed by atoms with E-state index >= 15 is 0 Å². The Balaban J connectivity index is 0.0000198. The van der Waals surface area contributed by atoms with E-state index in [0.29, 0.717) is 18.4 Å². The third-order valence-corrected chi connectivity index (χ3v) is 13.6. The molecular formula is C56H78N4NaO25P. The van der Waals surface area contributed by atoms with Crippen molar-refractivity contribution in [2.24, 2.45) is 5.92 Å². The molecule has 4 rings (SSSR count). The molecule has 3 aliphatic rings. The molecule has 5 amide bonds. The Kier molecular flexibility index (Phi) is 33.7. The van der Waals surface area contributed by atoms with Crippen LogP contribution < -0.4 is 49.8 Å². The van der Waals surface area contributed by atoms with Crippen LogP contribution >= 0.6 is 7.82 Å². The second-order valence-corrected chi connectivity index (χ2v) is 21.4. The van der Waals surface area contributed by atoms with Crippen LogP contribution in [0.5, 0.6) is 5.75 Å². The number of carbonyl (C=O) groups excluding carboxylic acids is 7. The summed E-state index contributed by atoms with van der Waals surface area (Å²) in [4.78, 5) is 122. The number of aliphatic hydroxyl groups is 5. The average molecular weight is 1260 g/mol.